The van der Waals surface area contributed by atoms with Crippen molar-refractivity contribution >= 4 is 39.7 Å². The maximum absolute atomic E-state index is 13.2. The van der Waals surface area contributed by atoms with Gasteiger partial charge in [0.2, 0.25) is 0 Å². The van der Waals surface area contributed by atoms with Gasteiger partial charge in [0.05, 0.1) is 4.88 Å². The highest BCUT2D eigenvalue weighted by atomic mass is 35.5. The van der Waals surface area contributed by atoms with Gasteiger partial charge in [-0.15, -0.1) is 23.7 Å². The third-order valence-electron chi connectivity index (χ3n) is 3.97. The number of nitrogens with one attached hydrogen (secondary N) is 1. The SMILES string of the molecule is CNCCN(C)C(=O)c1cc2c(-c3ccc(F)cc3)cccc2s1.Cl. The molecule has 0 unspecified atom stereocenters. The number of hydrogen-bond donors (Lipinski definition) is 1. The lowest BCUT2D eigenvalue weighted by Crippen LogP contribution is -2.32. The van der Waals surface area contributed by atoms with Crippen LogP contribution in [-0.2, 0) is 0 Å². The topological polar surface area (TPSA) is 32.3 Å². The maximum Gasteiger partial charge on any atom is 0.263 e. The fraction of sp³-hybridized carbons (Fsp3) is 0.211. The number of nitrogens with zero attached hydrogens (tertiary/aromatic N) is 1. The first-order chi connectivity index (χ1) is 11.6. The molecule has 0 bridgehead atoms. The van der Waals surface area contributed by atoms with E-state index >= 15 is 0 Å². The first kappa shape index (κ1) is 19.4. The molecule has 132 valence electrons. The van der Waals surface area contributed by atoms with Crippen molar-refractivity contribution in [3.63, 3.8) is 0 Å². The second-order valence-electron chi connectivity index (χ2n) is 5.67. The Balaban J connectivity index is 0.00000225. The van der Waals surface area contributed by atoms with Crippen molar-refractivity contribution in [2.75, 3.05) is 27.2 Å². The van der Waals surface area contributed by atoms with Crippen LogP contribution >= 0.6 is 23.7 Å². The number of hydrogen-bond acceptors (Lipinski definition) is 3. The number of likely N-dealkylation sites (N-methyl/N-ethyl adjacent to an activating group) is 2. The molecule has 1 amide bonds. The normalized spacial score (nSPS) is 10.5. The summed E-state index contributed by atoms with van der Waals surface area (Å²) in [7, 11) is 3.68. The summed E-state index contributed by atoms with van der Waals surface area (Å²) < 4.78 is 14.2. The Morgan fingerprint density at radius 3 is 2.60 bits per heavy atom. The van der Waals surface area contributed by atoms with E-state index in [4.69, 9.17) is 0 Å². The summed E-state index contributed by atoms with van der Waals surface area (Å²) >= 11 is 1.49. The molecule has 0 radical (unpaired) electrons. The monoisotopic (exact) mass is 378 g/mol. The highest BCUT2D eigenvalue weighted by molar-refractivity contribution is 7.20. The van der Waals surface area contributed by atoms with Gasteiger partial charge in [-0.2, -0.15) is 0 Å². The van der Waals surface area contributed by atoms with E-state index in [1.54, 1.807) is 17.0 Å². The molecule has 0 saturated heterocycles. The first-order valence-electron chi connectivity index (χ1n) is 7.78. The van der Waals surface area contributed by atoms with Crippen LogP contribution in [0.3, 0.4) is 0 Å². The van der Waals surface area contributed by atoms with Crippen LogP contribution in [0.1, 0.15) is 9.67 Å². The van der Waals surface area contributed by atoms with Crippen LogP contribution in [0.25, 0.3) is 21.2 Å². The predicted octanol–water partition coefficient (Wildman–Crippen LogP) is 4.42. The molecule has 0 atom stereocenters. The Morgan fingerprint density at radius 1 is 1.20 bits per heavy atom. The van der Waals surface area contributed by atoms with E-state index in [1.807, 2.05) is 38.4 Å². The molecule has 6 heteroatoms. The zero-order chi connectivity index (χ0) is 17.1. The molecular formula is C19H20ClFN2OS. The minimum atomic E-state index is -0.252. The van der Waals surface area contributed by atoms with Gasteiger partial charge in [-0.1, -0.05) is 24.3 Å². The van der Waals surface area contributed by atoms with Crippen molar-refractivity contribution in [3.8, 4) is 11.1 Å². The second-order valence-corrected chi connectivity index (χ2v) is 6.75. The number of halogens is 2. The number of thiophene rings is 1. The van der Waals surface area contributed by atoms with Crippen LogP contribution in [0.4, 0.5) is 4.39 Å². The lowest BCUT2D eigenvalue weighted by molar-refractivity contribution is 0.0801. The molecule has 1 heterocycles. The molecule has 25 heavy (non-hydrogen) atoms. The van der Waals surface area contributed by atoms with Gasteiger partial charge in [0, 0.05) is 30.2 Å². The van der Waals surface area contributed by atoms with Gasteiger partial charge in [-0.25, -0.2) is 4.39 Å². The van der Waals surface area contributed by atoms with Crippen LogP contribution in [0.2, 0.25) is 0 Å². The van der Waals surface area contributed by atoms with Crippen LogP contribution in [0.15, 0.2) is 48.5 Å². The Bertz CT molecular complexity index is 863. The highest BCUT2D eigenvalue weighted by Gasteiger charge is 2.16. The van der Waals surface area contributed by atoms with E-state index in [9.17, 15) is 9.18 Å². The average Bonchev–Trinajstić information content (AvgIpc) is 3.04. The molecule has 0 aliphatic heterocycles. The van der Waals surface area contributed by atoms with Gasteiger partial charge in [0.25, 0.3) is 5.91 Å². The number of fused-ring (bicyclic) bond motifs is 1. The Kier molecular flexibility index (Phi) is 6.53. The number of benzene rings is 2. The maximum atomic E-state index is 13.2. The van der Waals surface area contributed by atoms with E-state index in [0.717, 1.165) is 32.6 Å². The van der Waals surface area contributed by atoms with Crippen molar-refractivity contribution < 1.29 is 9.18 Å². The standard InChI is InChI=1S/C19H19FN2OS.ClH/c1-21-10-11-22(2)19(23)18-12-16-15(4-3-5-17(16)24-18)13-6-8-14(20)9-7-13;/h3-9,12,21H,10-11H2,1-2H3;1H. The van der Waals surface area contributed by atoms with Crippen molar-refractivity contribution in [2.45, 2.75) is 0 Å². The molecule has 1 aromatic heterocycles. The molecule has 0 spiro atoms. The smallest absolute Gasteiger partial charge is 0.263 e. The number of amides is 1. The molecule has 2 aromatic carbocycles. The van der Waals surface area contributed by atoms with Crippen LogP contribution < -0.4 is 5.32 Å². The lowest BCUT2D eigenvalue weighted by atomic mass is 10.0. The highest BCUT2D eigenvalue weighted by Crippen LogP contribution is 2.34. The molecule has 0 saturated carbocycles. The second kappa shape index (κ2) is 8.43. The molecule has 0 aliphatic carbocycles. The van der Waals surface area contributed by atoms with E-state index in [-0.39, 0.29) is 24.1 Å². The van der Waals surface area contributed by atoms with Gasteiger partial charge in [-0.05, 0) is 42.4 Å². The molecule has 3 rings (SSSR count). The van der Waals surface area contributed by atoms with Crippen molar-refractivity contribution in [1.29, 1.82) is 0 Å². The predicted molar refractivity (Wildman–Crippen MR) is 105 cm³/mol. The summed E-state index contributed by atoms with van der Waals surface area (Å²) in [5, 5.41) is 4.07. The van der Waals surface area contributed by atoms with E-state index < -0.39 is 0 Å². The molecular weight excluding hydrogens is 359 g/mol. The van der Waals surface area contributed by atoms with Gasteiger partial charge in [0.1, 0.15) is 5.82 Å². The Labute approximate surface area is 156 Å². The van der Waals surface area contributed by atoms with Gasteiger partial charge < -0.3 is 10.2 Å². The summed E-state index contributed by atoms with van der Waals surface area (Å²) in [6, 6.07) is 14.4. The fourth-order valence-electron chi connectivity index (χ4n) is 2.62. The van der Waals surface area contributed by atoms with Gasteiger partial charge in [-0.3, -0.25) is 4.79 Å². The van der Waals surface area contributed by atoms with Crippen LogP contribution in [-0.4, -0.2) is 38.0 Å². The number of carbonyl (C=O) groups is 1. The Hall–Kier alpha value is -1.95. The zero-order valence-corrected chi connectivity index (χ0v) is 15.7. The largest absolute Gasteiger partial charge is 0.340 e. The minimum Gasteiger partial charge on any atom is -0.340 e. The summed E-state index contributed by atoms with van der Waals surface area (Å²) in [6.07, 6.45) is 0. The van der Waals surface area contributed by atoms with E-state index in [0.29, 0.717) is 6.54 Å². The quantitative estimate of drug-likeness (QED) is 0.712. The first-order valence-corrected chi connectivity index (χ1v) is 8.60. The zero-order valence-electron chi connectivity index (χ0n) is 14.1. The van der Waals surface area contributed by atoms with Crippen molar-refractivity contribution in [2.24, 2.45) is 0 Å². The molecule has 3 nitrogen and oxygen atoms in total. The lowest BCUT2D eigenvalue weighted by Gasteiger charge is -2.15. The third-order valence-corrected chi connectivity index (χ3v) is 5.06. The summed E-state index contributed by atoms with van der Waals surface area (Å²) in [5.74, 6) is -0.227. The third kappa shape index (κ3) is 4.18. The molecule has 0 fully saturated rings. The van der Waals surface area contributed by atoms with Crippen molar-refractivity contribution in [1.82, 2.24) is 10.2 Å². The van der Waals surface area contributed by atoms with E-state index in [2.05, 4.69) is 5.32 Å². The minimum absolute atomic E-state index is 0. The summed E-state index contributed by atoms with van der Waals surface area (Å²) in [6.45, 7) is 1.42. The fourth-order valence-corrected chi connectivity index (χ4v) is 3.70. The summed E-state index contributed by atoms with van der Waals surface area (Å²) in [4.78, 5) is 15.0. The number of carbonyl (C=O) groups excluding carboxylic acids is 1. The summed E-state index contributed by atoms with van der Waals surface area (Å²) in [5.41, 5.74) is 1.96. The van der Waals surface area contributed by atoms with E-state index in [1.165, 1.54) is 23.5 Å². The van der Waals surface area contributed by atoms with Crippen LogP contribution in [0, 0.1) is 5.82 Å². The number of rotatable bonds is 5. The molecule has 0 aliphatic rings. The van der Waals surface area contributed by atoms with Gasteiger partial charge >= 0.3 is 0 Å². The molecule has 3 aromatic rings. The Morgan fingerprint density at radius 2 is 1.92 bits per heavy atom. The van der Waals surface area contributed by atoms with Crippen LogP contribution in [0.5, 0.6) is 0 Å². The average molecular weight is 379 g/mol. The van der Waals surface area contributed by atoms with Gasteiger partial charge in [0.15, 0.2) is 0 Å². The van der Waals surface area contributed by atoms with Crippen molar-refractivity contribution in [3.05, 3.63) is 59.2 Å². The molecule has 1 N–H and O–H groups in total.